The number of fused-ring (bicyclic) bond motifs is 2. The van der Waals surface area contributed by atoms with E-state index in [1.807, 2.05) is 26.8 Å². The Bertz CT molecular complexity index is 1060. The zero-order valence-electron chi connectivity index (χ0n) is 16.6. The van der Waals surface area contributed by atoms with E-state index in [2.05, 4.69) is 20.9 Å². The molecule has 0 unspecified atom stereocenters. The molecule has 0 N–H and O–H groups in total. The first-order valence-electron chi connectivity index (χ1n) is 9.60. The molecule has 1 aromatic heterocycles. The van der Waals surface area contributed by atoms with Crippen LogP contribution in [0.3, 0.4) is 0 Å². The normalized spacial score (nSPS) is 22.8. The maximum atomic E-state index is 13.5. The highest BCUT2D eigenvalue weighted by Gasteiger charge is 2.48. The minimum absolute atomic E-state index is 0.123. The van der Waals surface area contributed by atoms with Gasteiger partial charge in [-0.15, -0.1) is 0 Å². The van der Waals surface area contributed by atoms with Crippen molar-refractivity contribution in [2.45, 2.75) is 43.7 Å². The third-order valence-corrected chi connectivity index (χ3v) is 7.93. The summed E-state index contributed by atoms with van der Waals surface area (Å²) in [6, 6.07) is 5.05. The topological polar surface area (TPSA) is 79.8 Å². The smallest absolute Gasteiger partial charge is 0.410 e. The fourth-order valence-corrected chi connectivity index (χ4v) is 6.62. The predicted octanol–water partition coefficient (Wildman–Crippen LogP) is 3.63. The zero-order valence-corrected chi connectivity index (χ0v) is 19.0. The highest BCUT2D eigenvalue weighted by Crippen LogP contribution is 2.37. The zero-order chi connectivity index (χ0) is 21.0. The van der Waals surface area contributed by atoms with Crippen LogP contribution in [0.25, 0.3) is 10.8 Å². The molecule has 0 bridgehead atoms. The lowest BCUT2D eigenvalue weighted by Gasteiger charge is -2.28. The molecule has 2 aliphatic rings. The summed E-state index contributed by atoms with van der Waals surface area (Å²) in [6.45, 7) is 6.78. The van der Waals surface area contributed by atoms with Gasteiger partial charge >= 0.3 is 6.09 Å². The molecular weight excluding hydrogens is 458 g/mol. The van der Waals surface area contributed by atoms with Gasteiger partial charge in [-0.2, -0.15) is 4.31 Å². The number of benzene rings is 1. The van der Waals surface area contributed by atoms with Crippen LogP contribution in [0.4, 0.5) is 4.79 Å². The molecule has 2 aliphatic heterocycles. The van der Waals surface area contributed by atoms with Crippen molar-refractivity contribution >= 4 is 42.8 Å². The van der Waals surface area contributed by atoms with Gasteiger partial charge in [-0.3, -0.25) is 4.98 Å². The summed E-state index contributed by atoms with van der Waals surface area (Å²) >= 11 is 3.44. The highest BCUT2D eigenvalue weighted by molar-refractivity contribution is 9.10. The molecule has 4 rings (SSSR count). The van der Waals surface area contributed by atoms with Gasteiger partial charge in [0.2, 0.25) is 10.0 Å². The van der Waals surface area contributed by atoms with E-state index >= 15 is 0 Å². The molecular formula is C20H24BrN3O4S. The first kappa shape index (κ1) is 20.6. The van der Waals surface area contributed by atoms with Crippen LogP contribution >= 0.6 is 15.9 Å². The molecule has 0 spiro atoms. The van der Waals surface area contributed by atoms with E-state index in [-0.39, 0.29) is 29.5 Å². The number of pyridine rings is 1. The summed E-state index contributed by atoms with van der Waals surface area (Å²) in [5.41, 5.74) is -0.581. The van der Waals surface area contributed by atoms with Crippen LogP contribution in [0.15, 0.2) is 40.0 Å². The van der Waals surface area contributed by atoms with Gasteiger partial charge in [-0.05, 0) is 55.1 Å². The van der Waals surface area contributed by atoms with E-state index in [0.29, 0.717) is 22.9 Å². The van der Waals surface area contributed by atoms with E-state index in [1.165, 1.54) is 4.31 Å². The summed E-state index contributed by atoms with van der Waals surface area (Å²) in [7, 11) is -3.72. The van der Waals surface area contributed by atoms with Gasteiger partial charge in [-0.1, -0.05) is 12.1 Å². The lowest BCUT2D eigenvalue weighted by molar-refractivity contribution is 0.0223. The fraction of sp³-hybridized carbons (Fsp3) is 0.500. The van der Waals surface area contributed by atoms with Crippen LogP contribution in [0, 0.1) is 5.92 Å². The van der Waals surface area contributed by atoms with E-state index in [0.717, 1.165) is 11.8 Å². The van der Waals surface area contributed by atoms with Gasteiger partial charge in [-0.25, -0.2) is 13.2 Å². The van der Waals surface area contributed by atoms with E-state index in [4.69, 9.17) is 4.74 Å². The molecule has 9 heteroatoms. The maximum absolute atomic E-state index is 13.5. The first-order valence-corrected chi connectivity index (χ1v) is 11.8. The van der Waals surface area contributed by atoms with Crippen molar-refractivity contribution in [1.29, 1.82) is 0 Å². The van der Waals surface area contributed by atoms with Crippen molar-refractivity contribution in [2.24, 2.45) is 5.92 Å². The number of rotatable bonds is 2. The van der Waals surface area contributed by atoms with Crippen molar-refractivity contribution in [3.05, 3.63) is 35.1 Å². The summed E-state index contributed by atoms with van der Waals surface area (Å²) in [5, 5.41) is 1.39. The minimum Gasteiger partial charge on any atom is -0.444 e. The number of amides is 1. The number of hydrogen-bond donors (Lipinski definition) is 0. The molecule has 7 nitrogen and oxygen atoms in total. The van der Waals surface area contributed by atoms with Crippen molar-refractivity contribution in [2.75, 3.05) is 19.6 Å². The van der Waals surface area contributed by atoms with Gasteiger partial charge in [0, 0.05) is 47.3 Å². The van der Waals surface area contributed by atoms with Crippen molar-refractivity contribution in [1.82, 2.24) is 14.2 Å². The number of halogens is 1. The van der Waals surface area contributed by atoms with Gasteiger partial charge in [0.15, 0.2) is 0 Å². The number of hydrogen-bond acceptors (Lipinski definition) is 5. The standard InChI is InChI=1S/C20H24BrN3O4S/c1-20(2,3)28-19(25)24-8-7-14-11-23(12-16(14)24)29(26,27)17-6-4-5-13-9-22-10-15(21)18(13)17/h4-6,9-10,14,16H,7-8,11-12H2,1-3H3/t14-,16+/m0/s1. The van der Waals surface area contributed by atoms with Crippen LogP contribution in [0.1, 0.15) is 27.2 Å². The number of aromatic nitrogens is 1. The predicted molar refractivity (Wildman–Crippen MR) is 113 cm³/mol. The largest absolute Gasteiger partial charge is 0.444 e. The minimum atomic E-state index is -3.72. The number of sulfonamides is 1. The average Bonchev–Trinajstić information content (AvgIpc) is 3.21. The number of carbonyl (C=O) groups is 1. The Morgan fingerprint density at radius 3 is 2.72 bits per heavy atom. The Labute approximate surface area is 179 Å². The van der Waals surface area contributed by atoms with E-state index in [1.54, 1.807) is 29.4 Å². The molecule has 0 saturated carbocycles. The Morgan fingerprint density at radius 2 is 2.00 bits per heavy atom. The summed E-state index contributed by atoms with van der Waals surface area (Å²) in [4.78, 5) is 18.6. The Morgan fingerprint density at radius 1 is 1.24 bits per heavy atom. The lowest BCUT2D eigenvalue weighted by Crippen LogP contribution is -2.43. The Balaban J connectivity index is 1.62. The quantitative estimate of drug-likeness (QED) is 0.653. The van der Waals surface area contributed by atoms with Gasteiger partial charge < -0.3 is 9.64 Å². The van der Waals surface area contributed by atoms with Crippen molar-refractivity contribution in [3.63, 3.8) is 0 Å². The van der Waals surface area contributed by atoms with Crippen molar-refractivity contribution < 1.29 is 17.9 Å². The number of likely N-dealkylation sites (tertiary alicyclic amines) is 1. The molecule has 2 atom stereocenters. The molecule has 0 aliphatic carbocycles. The molecule has 0 radical (unpaired) electrons. The fourth-order valence-electron chi connectivity index (χ4n) is 4.18. The molecule has 1 amide bonds. The van der Waals surface area contributed by atoms with Gasteiger partial charge in [0.1, 0.15) is 5.60 Å². The van der Waals surface area contributed by atoms with E-state index in [9.17, 15) is 13.2 Å². The summed E-state index contributed by atoms with van der Waals surface area (Å²) in [5.74, 6) is 0.123. The third-order valence-electron chi connectivity index (χ3n) is 5.46. The summed E-state index contributed by atoms with van der Waals surface area (Å²) in [6.07, 6.45) is 3.66. The third kappa shape index (κ3) is 3.75. The lowest BCUT2D eigenvalue weighted by atomic mass is 10.1. The summed E-state index contributed by atoms with van der Waals surface area (Å²) < 4.78 is 34.6. The second kappa shape index (κ2) is 7.21. The maximum Gasteiger partial charge on any atom is 0.410 e. The molecule has 3 heterocycles. The van der Waals surface area contributed by atoms with Crippen LogP contribution < -0.4 is 0 Å². The van der Waals surface area contributed by atoms with Crippen LogP contribution in [0.2, 0.25) is 0 Å². The molecule has 2 fully saturated rings. The molecule has 1 aromatic carbocycles. The molecule has 29 heavy (non-hydrogen) atoms. The highest BCUT2D eigenvalue weighted by atomic mass is 79.9. The van der Waals surface area contributed by atoms with Crippen molar-refractivity contribution in [3.8, 4) is 0 Å². The SMILES string of the molecule is CC(C)(C)OC(=O)N1CC[C@H]2CN(S(=O)(=O)c3cccc4cncc(Br)c34)C[C@H]21. The van der Waals surface area contributed by atoms with E-state index < -0.39 is 15.6 Å². The molecule has 2 saturated heterocycles. The van der Waals surface area contributed by atoms with Crippen LogP contribution in [0.5, 0.6) is 0 Å². The average molecular weight is 482 g/mol. The second-order valence-corrected chi connectivity index (χ2v) is 11.3. The Kier molecular flexibility index (Phi) is 5.11. The number of carbonyl (C=O) groups excluding carboxylic acids is 1. The Hall–Kier alpha value is -1.71. The van der Waals surface area contributed by atoms with Gasteiger partial charge in [0.25, 0.3) is 0 Å². The molecule has 156 valence electrons. The monoisotopic (exact) mass is 481 g/mol. The first-order chi connectivity index (χ1) is 13.6. The van der Waals surface area contributed by atoms with Crippen LogP contribution in [-0.4, -0.2) is 60.0 Å². The number of ether oxygens (including phenoxy) is 1. The second-order valence-electron chi connectivity index (χ2n) is 8.59. The molecule has 2 aromatic rings. The number of nitrogens with zero attached hydrogens (tertiary/aromatic N) is 3. The van der Waals surface area contributed by atoms with Crippen LogP contribution in [-0.2, 0) is 14.8 Å². The van der Waals surface area contributed by atoms with Gasteiger partial charge in [0.05, 0.1) is 10.9 Å².